The molecule has 0 bridgehead atoms. The largest absolute Gasteiger partial charge is 0.478 e. The van der Waals surface area contributed by atoms with E-state index in [1.807, 2.05) is 0 Å². The Morgan fingerprint density at radius 3 is 1.90 bits per heavy atom. The molecule has 42 heavy (non-hydrogen) atoms. The average Bonchev–Trinajstić information content (AvgIpc) is 2.97. The number of nitrogens with one attached hydrogen (secondary N) is 3. The molecule has 0 saturated carbocycles. The van der Waals surface area contributed by atoms with Crippen LogP contribution in [0.4, 0.5) is 0 Å². The first-order valence-electron chi connectivity index (χ1n) is 13.1. The summed E-state index contributed by atoms with van der Waals surface area (Å²) in [5, 5.41) is 46.6. The zero-order valence-electron chi connectivity index (χ0n) is 23.4. The maximum Gasteiger partial charge on any atom is 0.335 e. The molecular formula is C26H38N6O10. The maximum atomic E-state index is 12.1. The molecule has 16 heteroatoms. The molecule has 5 amide bonds. The summed E-state index contributed by atoms with van der Waals surface area (Å²) in [5.41, 5.74) is 0.743. The third kappa shape index (κ3) is 14.2. The predicted octanol–water partition coefficient (Wildman–Crippen LogP) is 0.653. The molecule has 0 aromatic heterocycles. The number of allylic oxidation sites excluding steroid dienone is 1. The lowest BCUT2D eigenvalue weighted by molar-refractivity contribution is -0.168. The van der Waals surface area contributed by atoms with Crippen molar-refractivity contribution in [3.8, 4) is 0 Å². The number of nitrogens with zero attached hydrogens (tertiary/aromatic N) is 3. The number of hydroxylamine groups is 6. The predicted molar refractivity (Wildman–Crippen MR) is 145 cm³/mol. The van der Waals surface area contributed by atoms with Gasteiger partial charge in [0.2, 0.25) is 23.6 Å². The van der Waals surface area contributed by atoms with Gasteiger partial charge in [-0.25, -0.2) is 20.0 Å². The van der Waals surface area contributed by atoms with Gasteiger partial charge < -0.3 is 21.1 Å². The smallest absolute Gasteiger partial charge is 0.335 e. The van der Waals surface area contributed by atoms with Crippen molar-refractivity contribution in [2.45, 2.75) is 51.9 Å². The summed E-state index contributed by atoms with van der Waals surface area (Å²) in [6.07, 6.45) is 1.12. The lowest BCUT2D eigenvalue weighted by atomic mass is 10.1. The number of aromatic carboxylic acids is 1. The van der Waals surface area contributed by atoms with Crippen molar-refractivity contribution in [3.05, 3.63) is 47.7 Å². The number of hydrogen-bond donors (Lipinski definition) is 7. The van der Waals surface area contributed by atoms with Crippen LogP contribution in [0, 0.1) is 0 Å². The minimum Gasteiger partial charge on any atom is -0.478 e. The molecule has 16 nitrogen and oxygen atoms in total. The summed E-state index contributed by atoms with van der Waals surface area (Å²) in [4.78, 5) is 69.5. The molecule has 0 aliphatic rings. The molecule has 0 aliphatic carbocycles. The minimum atomic E-state index is -1.08. The van der Waals surface area contributed by atoms with E-state index in [1.54, 1.807) is 0 Å². The number of benzene rings is 1. The third-order valence-electron chi connectivity index (χ3n) is 5.78. The van der Waals surface area contributed by atoms with Crippen LogP contribution in [0.3, 0.4) is 0 Å². The summed E-state index contributed by atoms with van der Waals surface area (Å²) in [7, 11) is 0. The van der Waals surface area contributed by atoms with Crippen LogP contribution in [-0.2, 0) is 19.2 Å². The number of carboxylic acids is 1. The molecular weight excluding hydrogens is 556 g/mol. The van der Waals surface area contributed by atoms with Crippen LogP contribution < -0.4 is 16.0 Å². The third-order valence-corrected chi connectivity index (χ3v) is 5.78. The molecule has 0 heterocycles. The van der Waals surface area contributed by atoms with E-state index in [0.29, 0.717) is 47.2 Å². The van der Waals surface area contributed by atoms with Gasteiger partial charge in [0.1, 0.15) is 13.3 Å². The molecule has 0 atom stereocenters. The van der Waals surface area contributed by atoms with E-state index in [-0.39, 0.29) is 55.4 Å². The highest BCUT2D eigenvalue weighted by Gasteiger charge is 2.15. The second-order valence-corrected chi connectivity index (χ2v) is 9.12. The Balaban J connectivity index is 2.16. The first kappa shape index (κ1) is 35.5. The lowest BCUT2D eigenvalue weighted by Crippen LogP contribution is -2.39. The van der Waals surface area contributed by atoms with Crippen molar-refractivity contribution in [1.29, 1.82) is 0 Å². The van der Waals surface area contributed by atoms with E-state index in [4.69, 9.17) is 5.11 Å². The Labute approximate surface area is 242 Å². The second kappa shape index (κ2) is 18.7. The molecule has 0 radical (unpaired) electrons. The Morgan fingerprint density at radius 2 is 1.29 bits per heavy atom. The van der Waals surface area contributed by atoms with Gasteiger partial charge in [0.25, 0.3) is 5.91 Å². The summed E-state index contributed by atoms with van der Waals surface area (Å²) in [6.45, 7) is 4.46. The Bertz CT molecular complexity index is 1110. The highest BCUT2D eigenvalue weighted by atomic mass is 16.5. The number of carbonyl (C=O) groups excluding carboxylic acids is 5. The van der Waals surface area contributed by atoms with Gasteiger partial charge in [-0.3, -0.25) is 39.6 Å². The summed E-state index contributed by atoms with van der Waals surface area (Å²) >= 11 is 0. The highest BCUT2D eigenvalue weighted by Crippen LogP contribution is 2.06. The number of rotatable bonds is 19. The molecule has 0 aliphatic heterocycles. The van der Waals surface area contributed by atoms with Crippen LogP contribution in [0.2, 0.25) is 0 Å². The van der Waals surface area contributed by atoms with Gasteiger partial charge in [-0.05, 0) is 49.9 Å². The molecule has 1 aromatic carbocycles. The fraction of sp³-hybridized carbons (Fsp3) is 0.462. The van der Waals surface area contributed by atoms with Crippen molar-refractivity contribution < 1.29 is 49.5 Å². The van der Waals surface area contributed by atoms with E-state index in [0.717, 1.165) is 6.92 Å². The van der Waals surface area contributed by atoms with E-state index in [1.165, 1.54) is 24.3 Å². The maximum absolute atomic E-state index is 12.1. The van der Waals surface area contributed by atoms with Gasteiger partial charge >= 0.3 is 5.97 Å². The topological polar surface area (TPSA) is 229 Å². The van der Waals surface area contributed by atoms with E-state index < -0.39 is 36.3 Å². The number of amides is 5. The fourth-order valence-corrected chi connectivity index (χ4v) is 3.22. The molecule has 0 fully saturated rings. The lowest BCUT2D eigenvalue weighted by Gasteiger charge is -2.19. The van der Waals surface area contributed by atoms with Gasteiger partial charge in [-0.15, -0.1) is 0 Å². The molecule has 0 spiro atoms. The van der Waals surface area contributed by atoms with Crippen LogP contribution in [-0.4, -0.2) is 97.9 Å². The van der Waals surface area contributed by atoms with Crippen molar-refractivity contribution in [3.63, 3.8) is 0 Å². The van der Waals surface area contributed by atoms with Crippen LogP contribution in [0.25, 0.3) is 0 Å². The fourth-order valence-electron chi connectivity index (χ4n) is 3.22. The molecule has 0 saturated heterocycles. The second-order valence-electron chi connectivity index (χ2n) is 9.12. The van der Waals surface area contributed by atoms with E-state index in [2.05, 4.69) is 22.5 Å². The standard InChI is InChI=1S/C26H38N6O10/c1-18(28-16-32(42)24(36)13-11-22(34)29-17-31(41)19(2)33)6-12-23(35)30(40)15-5-3-4-14-27-25(37)20-7-9-21(10-8-20)26(38)39/h7-10,28,40-42H,1,3-6,11-17H2,2H3,(H,27,37)(H,29,34)(H,38,39). The van der Waals surface area contributed by atoms with Crippen LogP contribution in [0.1, 0.15) is 72.6 Å². The monoisotopic (exact) mass is 594 g/mol. The number of hydrogen-bond acceptors (Lipinski definition) is 10. The van der Waals surface area contributed by atoms with Gasteiger partial charge in [-0.1, -0.05) is 6.58 Å². The number of carboxylic acid groups (broad SMARTS) is 1. The molecule has 232 valence electrons. The zero-order valence-corrected chi connectivity index (χ0v) is 23.4. The summed E-state index contributed by atoms with van der Waals surface area (Å²) in [6, 6.07) is 5.54. The first-order chi connectivity index (χ1) is 19.8. The van der Waals surface area contributed by atoms with Gasteiger partial charge in [0.05, 0.1) is 5.56 Å². The average molecular weight is 595 g/mol. The first-order valence-corrected chi connectivity index (χ1v) is 13.1. The Hall–Kier alpha value is -4.54. The van der Waals surface area contributed by atoms with Crippen molar-refractivity contribution in [2.24, 2.45) is 0 Å². The van der Waals surface area contributed by atoms with Crippen LogP contribution >= 0.6 is 0 Å². The summed E-state index contributed by atoms with van der Waals surface area (Å²) in [5.74, 6) is -4.03. The van der Waals surface area contributed by atoms with Crippen LogP contribution in [0.15, 0.2) is 36.5 Å². The normalized spacial score (nSPS) is 10.3. The van der Waals surface area contributed by atoms with Crippen LogP contribution in [0.5, 0.6) is 0 Å². The quantitative estimate of drug-likeness (QED) is 0.0509. The zero-order chi connectivity index (χ0) is 31.7. The Kier molecular flexibility index (Phi) is 15.8. The number of carbonyl (C=O) groups is 6. The van der Waals surface area contributed by atoms with Gasteiger partial charge in [0, 0.05) is 50.5 Å². The number of unbranched alkanes of at least 4 members (excludes halogenated alkanes) is 2. The molecule has 1 rings (SSSR count). The van der Waals surface area contributed by atoms with E-state index >= 15 is 0 Å². The molecule has 7 N–H and O–H groups in total. The van der Waals surface area contributed by atoms with Gasteiger partial charge in [-0.2, -0.15) is 0 Å². The Morgan fingerprint density at radius 1 is 0.714 bits per heavy atom. The minimum absolute atomic E-state index is 0.0826. The molecule has 0 unspecified atom stereocenters. The van der Waals surface area contributed by atoms with Crippen molar-refractivity contribution in [2.75, 3.05) is 26.4 Å². The highest BCUT2D eigenvalue weighted by molar-refractivity contribution is 5.95. The van der Waals surface area contributed by atoms with E-state index in [9.17, 15) is 44.4 Å². The summed E-state index contributed by atoms with van der Waals surface area (Å²) < 4.78 is 0. The van der Waals surface area contributed by atoms with Gasteiger partial charge in [0.15, 0.2) is 0 Å². The van der Waals surface area contributed by atoms with Crippen molar-refractivity contribution in [1.82, 2.24) is 31.1 Å². The van der Waals surface area contributed by atoms with Crippen molar-refractivity contribution >= 4 is 35.5 Å². The molecule has 1 aromatic rings. The SMILES string of the molecule is C=C(CCC(=O)N(O)CCCCCNC(=O)c1ccc(C(=O)O)cc1)NCN(O)C(=O)CCC(=O)NCN(O)C(C)=O.